The number of aromatic hydroxyl groups is 1. The molecule has 0 saturated heterocycles. The first-order chi connectivity index (χ1) is 10.4. The van der Waals surface area contributed by atoms with Crippen LogP contribution < -0.4 is 5.32 Å². The van der Waals surface area contributed by atoms with Crippen molar-refractivity contribution < 1.29 is 18.3 Å². The first kappa shape index (κ1) is 14.1. The number of halogens is 3. The van der Waals surface area contributed by atoms with Crippen LogP contribution in [0.4, 0.5) is 19.1 Å². The minimum Gasteiger partial charge on any atom is -0.508 e. The van der Waals surface area contributed by atoms with Crippen LogP contribution >= 0.6 is 0 Å². The number of nitrogens with zero attached hydrogens (tertiary/aromatic N) is 4. The van der Waals surface area contributed by atoms with E-state index in [1.165, 1.54) is 16.7 Å². The molecule has 0 saturated carbocycles. The molecule has 0 radical (unpaired) electrons. The van der Waals surface area contributed by atoms with E-state index in [4.69, 9.17) is 0 Å². The largest absolute Gasteiger partial charge is 0.508 e. The third-order valence-corrected chi connectivity index (χ3v) is 2.97. The van der Waals surface area contributed by atoms with Gasteiger partial charge >= 0.3 is 6.18 Å². The number of fused-ring (bicyclic) bond motifs is 1. The standard InChI is InChI=1S/C13H10F3N5O/c1-17-12-19-9-6-18-11(13(14,15)16)20-10(9)21(12)7-3-2-4-8(22)5-7/h2-6,22H,1H3,(H,17,19). The Balaban J connectivity index is 2.31. The first-order valence-corrected chi connectivity index (χ1v) is 6.20. The molecule has 0 fully saturated rings. The maximum Gasteiger partial charge on any atom is 0.451 e. The van der Waals surface area contributed by atoms with Crippen LogP contribution in [0.1, 0.15) is 5.82 Å². The highest BCUT2D eigenvalue weighted by Crippen LogP contribution is 2.29. The number of anilines is 1. The summed E-state index contributed by atoms with van der Waals surface area (Å²) in [4.78, 5) is 11.0. The summed E-state index contributed by atoms with van der Waals surface area (Å²) in [5.41, 5.74) is 0.636. The third kappa shape index (κ3) is 2.30. The number of hydrogen-bond donors (Lipinski definition) is 2. The van der Waals surface area contributed by atoms with Crippen molar-refractivity contribution in [3.8, 4) is 11.4 Å². The molecule has 2 N–H and O–H groups in total. The van der Waals surface area contributed by atoms with Crippen LogP contribution in [0.2, 0.25) is 0 Å². The van der Waals surface area contributed by atoms with E-state index in [2.05, 4.69) is 20.3 Å². The number of hydrogen-bond acceptors (Lipinski definition) is 5. The lowest BCUT2D eigenvalue weighted by Crippen LogP contribution is -2.11. The van der Waals surface area contributed by atoms with Crippen molar-refractivity contribution in [2.45, 2.75) is 6.18 Å². The Bertz CT molecular complexity index is 843. The Morgan fingerprint density at radius 2 is 2.00 bits per heavy atom. The predicted octanol–water partition coefficient (Wildman–Crippen LogP) is 2.58. The summed E-state index contributed by atoms with van der Waals surface area (Å²) in [5.74, 6) is -0.982. The van der Waals surface area contributed by atoms with Crippen LogP contribution in [-0.4, -0.2) is 31.7 Å². The summed E-state index contributed by atoms with van der Waals surface area (Å²) in [6.45, 7) is 0. The van der Waals surface area contributed by atoms with Crippen LogP contribution in [0.15, 0.2) is 30.5 Å². The fourth-order valence-corrected chi connectivity index (χ4v) is 2.06. The zero-order valence-corrected chi connectivity index (χ0v) is 11.3. The average molecular weight is 309 g/mol. The molecular formula is C13H10F3N5O. The van der Waals surface area contributed by atoms with Gasteiger partial charge in [-0.25, -0.2) is 15.0 Å². The van der Waals surface area contributed by atoms with Crippen molar-refractivity contribution in [2.75, 3.05) is 12.4 Å². The van der Waals surface area contributed by atoms with E-state index in [-0.39, 0.29) is 22.9 Å². The molecule has 22 heavy (non-hydrogen) atoms. The first-order valence-electron chi connectivity index (χ1n) is 6.20. The summed E-state index contributed by atoms with van der Waals surface area (Å²) in [7, 11) is 1.58. The van der Waals surface area contributed by atoms with Crippen molar-refractivity contribution in [1.29, 1.82) is 0 Å². The van der Waals surface area contributed by atoms with Crippen molar-refractivity contribution in [3.63, 3.8) is 0 Å². The monoisotopic (exact) mass is 309 g/mol. The summed E-state index contributed by atoms with van der Waals surface area (Å²) in [6, 6.07) is 6.05. The number of nitrogens with one attached hydrogen (secondary N) is 1. The van der Waals surface area contributed by atoms with Crippen molar-refractivity contribution in [3.05, 3.63) is 36.3 Å². The Labute approximate surface area is 122 Å². The lowest BCUT2D eigenvalue weighted by atomic mass is 10.3. The number of imidazole rings is 1. The maximum absolute atomic E-state index is 12.8. The van der Waals surface area contributed by atoms with Gasteiger partial charge in [-0.1, -0.05) is 6.07 Å². The number of phenolic OH excluding ortho intramolecular Hbond substituents is 1. The topological polar surface area (TPSA) is 75.9 Å². The molecule has 0 aliphatic heterocycles. The van der Waals surface area contributed by atoms with Gasteiger partial charge < -0.3 is 10.4 Å². The molecule has 3 rings (SSSR count). The molecule has 0 amide bonds. The van der Waals surface area contributed by atoms with Gasteiger partial charge in [0.1, 0.15) is 11.3 Å². The lowest BCUT2D eigenvalue weighted by molar-refractivity contribution is -0.144. The second-order valence-electron chi connectivity index (χ2n) is 4.44. The minimum atomic E-state index is -4.65. The highest BCUT2D eigenvalue weighted by molar-refractivity contribution is 5.76. The van der Waals surface area contributed by atoms with Gasteiger partial charge in [-0.2, -0.15) is 13.2 Å². The molecule has 0 unspecified atom stereocenters. The molecule has 2 aromatic heterocycles. The Morgan fingerprint density at radius 3 is 2.64 bits per heavy atom. The Hall–Kier alpha value is -2.84. The average Bonchev–Trinajstić information content (AvgIpc) is 2.83. The van der Waals surface area contributed by atoms with Gasteiger partial charge in [-0.3, -0.25) is 4.57 Å². The highest BCUT2D eigenvalue weighted by Gasteiger charge is 2.35. The summed E-state index contributed by atoms with van der Waals surface area (Å²) in [5, 5.41) is 12.3. The van der Waals surface area contributed by atoms with Gasteiger partial charge in [-0.15, -0.1) is 0 Å². The number of rotatable bonds is 2. The van der Waals surface area contributed by atoms with Gasteiger partial charge in [0.05, 0.1) is 11.9 Å². The molecule has 0 aliphatic rings. The van der Waals surface area contributed by atoms with E-state index in [1.807, 2.05) is 0 Å². The second kappa shape index (κ2) is 4.86. The SMILES string of the molecule is CNc1nc2cnc(C(F)(F)F)nc2n1-c1cccc(O)c1. The van der Waals surface area contributed by atoms with Crippen LogP contribution in [0, 0.1) is 0 Å². The number of benzene rings is 1. The van der Waals surface area contributed by atoms with Crippen LogP contribution in [0.25, 0.3) is 16.9 Å². The molecule has 0 aliphatic carbocycles. The van der Waals surface area contributed by atoms with Crippen LogP contribution in [0.3, 0.4) is 0 Å². The Morgan fingerprint density at radius 1 is 1.23 bits per heavy atom. The van der Waals surface area contributed by atoms with E-state index in [0.29, 0.717) is 5.69 Å². The second-order valence-corrected chi connectivity index (χ2v) is 4.44. The molecule has 0 bridgehead atoms. The number of aromatic nitrogens is 4. The molecule has 3 aromatic rings. The van der Waals surface area contributed by atoms with Crippen molar-refractivity contribution >= 4 is 17.1 Å². The Kier molecular flexibility index (Phi) is 3.12. The summed E-state index contributed by atoms with van der Waals surface area (Å²) >= 11 is 0. The van der Waals surface area contributed by atoms with Gasteiger partial charge in [0.2, 0.25) is 11.8 Å². The fraction of sp³-hybridized carbons (Fsp3) is 0.154. The summed E-state index contributed by atoms with van der Waals surface area (Å²) in [6.07, 6.45) is -3.63. The van der Waals surface area contributed by atoms with E-state index in [0.717, 1.165) is 6.20 Å². The zero-order chi connectivity index (χ0) is 15.9. The van der Waals surface area contributed by atoms with Gasteiger partial charge in [0.15, 0.2) is 5.65 Å². The quantitative estimate of drug-likeness (QED) is 0.761. The van der Waals surface area contributed by atoms with Crippen molar-refractivity contribution in [1.82, 2.24) is 19.5 Å². The smallest absolute Gasteiger partial charge is 0.451 e. The number of alkyl halides is 3. The predicted molar refractivity (Wildman–Crippen MR) is 72.9 cm³/mol. The van der Waals surface area contributed by atoms with Crippen LogP contribution in [0.5, 0.6) is 5.75 Å². The molecule has 6 nitrogen and oxygen atoms in total. The fourth-order valence-electron chi connectivity index (χ4n) is 2.06. The third-order valence-electron chi connectivity index (χ3n) is 2.97. The molecule has 0 spiro atoms. The summed E-state index contributed by atoms with van der Waals surface area (Å²) < 4.78 is 39.8. The van der Waals surface area contributed by atoms with E-state index < -0.39 is 12.0 Å². The van der Waals surface area contributed by atoms with Crippen molar-refractivity contribution in [2.24, 2.45) is 0 Å². The lowest BCUT2D eigenvalue weighted by Gasteiger charge is -2.09. The van der Waals surface area contributed by atoms with E-state index in [1.54, 1.807) is 19.2 Å². The molecule has 9 heteroatoms. The van der Waals surface area contributed by atoms with Gasteiger partial charge in [-0.05, 0) is 12.1 Å². The highest BCUT2D eigenvalue weighted by atomic mass is 19.4. The maximum atomic E-state index is 12.8. The molecule has 1 aromatic carbocycles. The number of phenols is 1. The van der Waals surface area contributed by atoms with Crippen LogP contribution in [-0.2, 0) is 6.18 Å². The molecule has 114 valence electrons. The zero-order valence-electron chi connectivity index (χ0n) is 11.3. The van der Waals surface area contributed by atoms with E-state index >= 15 is 0 Å². The molecular weight excluding hydrogens is 299 g/mol. The molecule has 2 heterocycles. The minimum absolute atomic E-state index is 0.00252. The molecule has 0 atom stereocenters. The van der Waals surface area contributed by atoms with Gasteiger partial charge in [0, 0.05) is 13.1 Å². The van der Waals surface area contributed by atoms with Gasteiger partial charge in [0.25, 0.3) is 0 Å². The van der Waals surface area contributed by atoms with E-state index in [9.17, 15) is 18.3 Å². The normalized spacial score (nSPS) is 11.8.